The van der Waals surface area contributed by atoms with E-state index in [2.05, 4.69) is 0 Å². The van der Waals surface area contributed by atoms with Crippen LogP contribution in [0.3, 0.4) is 0 Å². The van der Waals surface area contributed by atoms with E-state index >= 15 is 0 Å². The third kappa shape index (κ3) is 3.27. The molecule has 86 valence electrons. The van der Waals surface area contributed by atoms with Crippen molar-refractivity contribution in [3.05, 3.63) is 23.8 Å². The summed E-state index contributed by atoms with van der Waals surface area (Å²) < 4.78 is 10.2. The first-order valence-corrected chi connectivity index (χ1v) is 4.33. The lowest BCUT2D eigenvalue weighted by atomic mass is 10.1. The van der Waals surface area contributed by atoms with E-state index in [0.29, 0.717) is 11.5 Å². The minimum Gasteiger partial charge on any atom is -0.493 e. The van der Waals surface area contributed by atoms with Gasteiger partial charge in [0.05, 0.1) is 20.3 Å². The average molecular weight is 234 g/mol. The lowest BCUT2D eigenvalue weighted by Gasteiger charge is -2.12. The summed E-state index contributed by atoms with van der Waals surface area (Å²) in [6.07, 6.45) is -0.658. The molecule has 4 nitrogen and oxygen atoms in total. The predicted molar refractivity (Wildman–Crippen MR) is 60.8 cm³/mol. The van der Waals surface area contributed by atoms with Crippen molar-refractivity contribution in [3.63, 3.8) is 0 Å². The molecule has 0 amide bonds. The topological polar surface area (TPSA) is 64.7 Å². The second kappa shape index (κ2) is 6.50. The Morgan fingerprint density at radius 3 is 2.33 bits per heavy atom. The molecule has 3 N–H and O–H groups in total. The van der Waals surface area contributed by atoms with Gasteiger partial charge in [-0.2, -0.15) is 0 Å². The quantitative estimate of drug-likeness (QED) is 0.818. The maximum absolute atomic E-state index is 9.49. The molecule has 0 aromatic heterocycles. The number of aliphatic hydroxyl groups is 1. The maximum Gasteiger partial charge on any atom is 0.161 e. The number of benzene rings is 1. The summed E-state index contributed by atoms with van der Waals surface area (Å²) in [5.74, 6) is 1.23. The lowest BCUT2D eigenvalue weighted by Crippen LogP contribution is -2.11. The highest BCUT2D eigenvalue weighted by Crippen LogP contribution is 2.29. The van der Waals surface area contributed by atoms with Gasteiger partial charge < -0.3 is 20.3 Å². The van der Waals surface area contributed by atoms with Gasteiger partial charge in [-0.05, 0) is 17.7 Å². The Morgan fingerprint density at radius 2 is 1.87 bits per heavy atom. The lowest BCUT2D eigenvalue weighted by molar-refractivity contribution is 0.186. The fraction of sp³-hybridized carbons (Fsp3) is 0.400. The van der Waals surface area contributed by atoms with Crippen LogP contribution in [0, 0.1) is 0 Å². The fourth-order valence-corrected chi connectivity index (χ4v) is 1.20. The Bertz CT molecular complexity index is 307. The molecule has 0 fully saturated rings. The molecule has 0 saturated heterocycles. The van der Waals surface area contributed by atoms with E-state index in [1.54, 1.807) is 32.4 Å². The van der Waals surface area contributed by atoms with E-state index in [4.69, 9.17) is 15.2 Å². The number of methoxy groups -OCH3 is 2. The number of nitrogens with two attached hydrogens (primary N) is 1. The second-order valence-electron chi connectivity index (χ2n) is 2.87. The van der Waals surface area contributed by atoms with Gasteiger partial charge in [0.2, 0.25) is 0 Å². The molecule has 0 aliphatic rings. The fourth-order valence-electron chi connectivity index (χ4n) is 1.20. The van der Waals surface area contributed by atoms with E-state index in [1.165, 1.54) is 0 Å². The van der Waals surface area contributed by atoms with E-state index < -0.39 is 6.10 Å². The monoisotopic (exact) mass is 233 g/mol. The molecule has 0 radical (unpaired) electrons. The highest BCUT2D eigenvalue weighted by molar-refractivity contribution is 5.85. The maximum atomic E-state index is 9.49. The molecule has 5 heteroatoms. The first-order valence-electron chi connectivity index (χ1n) is 4.33. The van der Waals surface area contributed by atoms with Crippen LogP contribution in [0.15, 0.2) is 18.2 Å². The van der Waals surface area contributed by atoms with E-state index in [-0.39, 0.29) is 19.0 Å². The van der Waals surface area contributed by atoms with Gasteiger partial charge in [-0.25, -0.2) is 0 Å². The number of rotatable bonds is 4. The largest absolute Gasteiger partial charge is 0.493 e. The molecule has 1 aromatic carbocycles. The van der Waals surface area contributed by atoms with Gasteiger partial charge in [-0.3, -0.25) is 0 Å². The van der Waals surface area contributed by atoms with Gasteiger partial charge in [-0.1, -0.05) is 6.07 Å². The minimum atomic E-state index is -0.658. The molecular formula is C10H16ClNO3. The number of ether oxygens (including phenoxy) is 2. The van der Waals surface area contributed by atoms with Crippen LogP contribution in [0.25, 0.3) is 0 Å². The molecule has 0 unspecified atom stereocenters. The summed E-state index contributed by atoms with van der Waals surface area (Å²) >= 11 is 0. The van der Waals surface area contributed by atoms with Crippen molar-refractivity contribution in [1.29, 1.82) is 0 Å². The predicted octanol–water partition coefficient (Wildman–Crippen LogP) is 1.12. The zero-order valence-corrected chi connectivity index (χ0v) is 9.58. The Hall–Kier alpha value is -0.970. The van der Waals surface area contributed by atoms with Crippen molar-refractivity contribution < 1.29 is 14.6 Å². The molecule has 0 saturated carbocycles. The zero-order valence-electron chi connectivity index (χ0n) is 8.77. The number of hydrogen-bond donors (Lipinski definition) is 2. The Kier molecular flexibility index (Phi) is 6.08. The molecule has 1 aromatic rings. The first kappa shape index (κ1) is 14.0. The molecule has 0 heterocycles. The summed E-state index contributed by atoms with van der Waals surface area (Å²) in [5.41, 5.74) is 6.07. The van der Waals surface area contributed by atoms with E-state index in [0.717, 1.165) is 5.56 Å². The Morgan fingerprint density at radius 1 is 1.27 bits per heavy atom. The SMILES string of the molecule is COc1ccc([C@H](O)CN)cc1OC.Cl. The van der Waals surface area contributed by atoms with E-state index in [1.807, 2.05) is 0 Å². The Balaban J connectivity index is 0.00000196. The zero-order chi connectivity index (χ0) is 10.6. The summed E-state index contributed by atoms with van der Waals surface area (Å²) in [6.45, 7) is 0.190. The third-order valence-electron chi connectivity index (χ3n) is 2.02. The summed E-state index contributed by atoms with van der Waals surface area (Å²) in [6, 6.07) is 5.22. The van der Waals surface area contributed by atoms with E-state index in [9.17, 15) is 5.11 Å². The van der Waals surface area contributed by atoms with Crippen molar-refractivity contribution >= 4 is 12.4 Å². The molecule has 1 rings (SSSR count). The highest BCUT2D eigenvalue weighted by atomic mass is 35.5. The Labute approximate surface area is 95.4 Å². The normalized spacial score (nSPS) is 11.5. The van der Waals surface area contributed by atoms with Gasteiger partial charge in [0.15, 0.2) is 11.5 Å². The van der Waals surface area contributed by atoms with Gasteiger partial charge >= 0.3 is 0 Å². The molecule has 1 atom stereocenters. The molecule has 0 aliphatic carbocycles. The smallest absolute Gasteiger partial charge is 0.161 e. The second-order valence-corrected chi connectivity index (χ2v) is 2.87. The summed E-state index contributed by atoms with van der Waals surface area (Å²) in [4.78, 5) is 0. The van der Waals surface area contributed by atoms with Crippen LogP contribution in [0.1, 0.15) is 11.7 Å². The molecule has 0 bridgehead atoms. The standard InChI is InChI=1S/C10H15NO3.ClH/c1-13-9-4-3-7(8(12)6-11)5-10(9)14-2;/h3-5,8,12H,6,11H2,1-2H3;1H/t8-;/m1./s1. The first-order chi connectivity index (χ1) is 6.72. The van der Waals surface area contributed by atoms with Crippen LogP contribution in [0.5, 0.6) is 11.5 Å². The number of hydrogen-bond acceptors (Lipinski definition) is 4. The van der Waals surface area contributed by atoms with Crippen LogP contribution >= 0.6 is 12.4 Å². The number of halogens is 1. The van der Waals surface area contributed by atoms with Crippen molar-refractivity contribution in [3.8, 4) is 11.5 Å². The molecule has 0 spiro atoms. The van der Waals surface area contributed by atoms with Gasteiger partial charge in [0.1, 0.15) is 0 Å². The van der Waals surface area contributed by atoms with Crippen LogP contribution in [-0.4, -0.2) is 25.9 Å². The van der Waals surface area contributed by atoms with Gasteiger partial charge in [-0.15, -0.1) is 12.4 Å². The van der Waals surface area contributed by atoms with Crippen molar-refractivity contribution in [2.24, 2.45) is 5.73 Å². The minimum absolute atomic E-state index is 0. The van der Waals surface area contributed by atoms with Crippen LogP contribution in [0.2, 0.25) is 0 Å². The summed E-state index contributed by atoms with van der Waals surface area (Å²) in [5, 5.41) is 9.49. The third-order valence-corrected chi connectivity index (χ3v) is 2.02. The number of aliphatic hydroxyl groups excluding tert-OH is 1. The van der Waals surface area contributed by atoms with Gasteiger partial charge in [0.25, 0.3) is 0 Å². The van der Waals surface area contributed by atoms with Crippen LogP contribution in [-0.2, 0) is 0 Å². The van der Waals surface area contributed by atoms with Crippen molar-refractivity contribution in [2.45, 2.75) is 6.10 Å². The van der Waals surface area contributed by atoms with Crippen LogP contribution < -0.4 is 15.2 Å². The van der Waals surface area contributed by atoms with Gasteiger partial charge in [0, 0.05) is 6.54 Å². The van der Waals surface area contributed by atoms with Crippen LogP contribution in [0.4, 0.5) is 0 Å². The van der Waals surface area contributed by atoms with Crippen molar-refractivity contribution in [2.75, 3.05) is 20.8 Å². The van der Waals surface area contributed by atoms with Crippen molar-refractivity contribution in [1.82, 2.24) is 0 Å². The average Bonchev–Trinajstić information content (AvgIpc) is 2.26. The summed E-state index contributed by atoms with van der Waals surface area (Å²) in [7, 11) is 3.12. The molecular weight excluding hydrogens is 218 g/mol. The molecule has 0 aliphatic heterocycles. The highest BCUT2D eigenvalue weighted by Gasteiger charge is 2.09. The molecule has 15 heavy (non-hydrogen) atoms.